The highest BCUT2D eigenvalue weighted by Gasteiger charge is 2.47. The molecule has 21 heavy (non-hydrogen) atoms. The number of nitrogens with one attached hydrogen (secondary N) is 1. The zero-order valence-electron chi connectivity index (χ0n) is 13.3. The Morgan fingerprint density at radius 3 is 2.48 bits per heavy atom. The van der Waals surface area contributed by atoms with Gasteiger partial charge in [-0.05, 0) is 63.3 Å². The molecule has 116 valence electrons. The first-order valence-corrected chi connectivity index (χ1v) is 7.63. The first-order valence-electron chi connectivity index (χ1n) is 7.63. The highest BCUT2D eigenvalue weighted by Crippen LogP contribution is 2.42. The fourth-order valence-electron chi connectivity index (χ4n) is 2.27. The maximum Gasteiger partial charge on any atom is 0.256 e. The Kier molecular flexibility index (Phi) is 4.88. The molecular formula is C17H25NO3. The molecule has 2 rings (SSSR count). The van der Waals surface area contributed by atoms with Gasteiger partial charge in [0.15, 0.2) is 0 Å². The predicted octanol–water partition coefficient (Wildman–Crippen LogP) is 3.62. The van der Waals surface area contributed by atoms with Gasteiger partial charge in [-0.2, -0.15) is 0 Å². The maximum atomic E-state index is 12.4. The van der Waals surface area contributed by atoms with E-state index in [4.69, 9.17) is 9.47 Å². The van der Waals surface area contributed by atoms with Gasteiger partial charge in [0, 0.05) is 12.8 Å². The second kappa shape index (κ2) is 6.48. The molecule has 0 unspecified atom stereocenters. The van der Waals surface area contributed by atoms with Crippen LogP contribution in [0.2, 0.25) is 0 Å². The third-order valence-corrected chi connectivity index (χ3v) is 4.26. The number of hydrogen-bond donors (Lipinski definition) is 1. The molecule has 1 aromatic carbocycles. The Morgan fingerprint density at radius 2 is 2.00 bits per heavy atom. The summed E-state index contributed by atoms with van der Waals surface area (Å²) in [5.41, 5.74) is 0.0340. The van der Waals surface area contributed by atoms with E-state index in [1.54, 1.807) is 7.11 Å². The van der Waals surface area contributed by atoms with Crippen molar-refractivity contribution in [1.29, 1.82) is 0 Å². The lowest BCUT2D eigenvalue weighted by molar-refractivity contribution is -0.138. The van der Waals surface area contributed by atoms with Gasteiger partial charge in [0.25, 0.3) is 5.91 Å². The zero-order chi connectivity index (χ0) is 15.5. The molecule has 0 aliphatic heterocycles. The number of carbonyl (C=O) groups is 1. The van der Waals surface area contributed by atoms with Crippen LogP contribution in [0.25, 0.3) is 0 Å². The Balaban J connectivity index is 1.98. The van der Waals surface area contributed by atoms with E-state index in [-0.39, 0.29) is 12.0 Å². The third kappa shape index (κ3) is 3.76. The molecule has 0 saturated heterocycles. The lowest BCUT2D eigenvalue weighted by Gasteiger charge is -2.26. The average molecular weight is 291 g/mol. The summed E-state index contributed by atoms with van der Waals surface area (Å²) in [5.74, 6) is 1.07. The van der Waals surface area contributed by atoms with Crippen LogP contribution in [0.4, 0.5) is 5.69 Å². The Hall–Kier alpha value is -1.55. The Morgan fingerprint density at radius 1 is 1.38 bits per heavy atom. The molecule has 1 saturated carbocycles. The molecule has 1 N–H and O–H groups in total. The van der Waals surface area contributed by atoms with Crippen molar-refractivity contribution in [2.45, 2.75) is 51.7 Å². The van der Waals surface area contributed by atoms with Crippen molar-refractivity contribution in [3.63, 3.8) is 0 Å². The number of ether oxygens (including phenoxy) is 2. The molecule has 1 fully saturated rings. The van der Waals surface area contributed by atoms with Crippen molar-refractivity contribution in [1.82, 2.24) is 0 Å². The number of amides is 1. The van der Waals surface area contributed by atoms with E-state index < -0.39 is 5.60 Å². The summed E-state index contributed by atoms with van der Waals surface area (Å²) in [5, 5.41) is 2.93. The van der Waals surface area contributed by atoms with E-state index >= 15 is 0 Å². The molecule has 4 heteroatoms. The van der Waals surface area contributed by atoms with Crippen LogP contribution in [0.1, 0.15) is 40.0 Å². The molecule has 1 aliphatic carbocycles. The molecule has 0 bridgehead atoms. The summed E-state index contributed by atoms with van der Waals surface area (Å²) < 4.78 is 11.2. The largest absolute Gasteiger partial charge is 0.491 e. The van der Waals surface area contributed by atoms with E-state index in [0.717, 1.165) is 30.7 Å². The quantitative estimate of drug-likeness (QED) is 0.834. The van der Waals surface area contributed by atoms with Gasteiger partial charge < -0.3 is 14.8 Å². The van der Waals surface area contributed by atoms with E-state index in [1.807, 2.05) is 38.1 Å². The molecule has 1 amide bonds. The van der Waals surface area contributed by atoms with Gasteiger partial charge in [-0.3, -0.25) is 4.79 Å². The van der Waals surface area contributed by atoms with Crippen LogP contribution < -0.4 is 10.1 Å². The Labute approximate surface area is 126 Å². The van der Waals surface area contributed by atoms with Crippen molar-refractivity contribution >= 4 is 11.6 Å². The van der Waals surface area contributed by atoms with Crippen LogP contribution in [0, 0.1) is 5.92 Å². The highest BCUT2D eigenvalue weighted by atomic mass is 16.5. The number of rotatable bonds is 7. The first-order chi connectivity index (χ1) is 9.99. The number of hydrogen-bond acceptors (Lipinski definition) is 3. The van der Waals surface area contributed by atoms with Gasteiger partial charge in [-0.1, -0.05) is 6.92 Å². The van der Waals surface area contributed by atoms with Crippen LogP contribution in [0.5, 0.6) is 5.75 Å². The molecule has 1 aliphatic rings. The second-order valence-corrected chi connectivity index (χ2v) is 5.90. The molecule has 4 nitrogen and oxygen atoms in total. The fourth-order valence-corrected chi connectivity index (χ4v) is 2.27. The first kappa shape index (κ1) is 15.8. The van der Waals surface area contributed by atoms with Gasteiger partial charge >= 0.3 is 0 Å². The van der Waals surface area contributed by atoms with Crippen LogP contribution >= 0.6 is 0 Å². The summed E-state index contributed by atoms with van der Waals surface area (Å²) in [6.45, 7) is 5.98. The van der Waals surface area contributed by atoms with Gasteiger partial charge in [0.05, 0.1) is 6.10 Å². The molecule has 2 atom stereocenters. The number of carbonyl (C=O) groups excluding carboxylic acids is 1. The van der Waals surface area contributed by atoms with Gasteiger partial charge in [-0.15, -0.1) is 0 Å². The topological polar surface area (TPSA) is 47.6 Å². The van der Waals surface area contributed by atoms with Crippen LogP contribution in [-0.4, -0.2) is 24.7 Å². The van der Waals surface area contributed by atoms with Crippen molar-refractivity contribution in [2.24, 2.45) is 5.92 Å². The minimum absolute atomic E-state index is 0.0805. The summed E-state index contributed by atoms with van der Waals surface area (Å²) in [4.78, 5) is 12.4. The van der Waals surface area contributed by atoms with Crippen molar-refractivity contribution in [2.75, 3.05) is 12.4 Å². The van der Waals surface area contributed by atoms with Crippen molar-refractivity contribution in [3.05, 3.63) is 24.3 Å². The van der Waals surface area contributed by atoms with Crippen LogP contribution in [0.3, 0.4) is 0 Å². The van der Waals surface area contributed by atoms with E-state index in [0.29, 0.717) is 5.92 Å². The van der Waals surface area contributed by atoms with Crippen molar-refractivity contribution in [3.8, 4) is 5.75 Å². The summed E-state index contributed by atoms with van der Waals surface area (Å²) in [7, 11) is 1.60. The normalized spacial score (nSPS) is 18.7. The molecule has 1 aromatic rings. The fraction of sp³-hybridized carbons (Fsp3) is 0.588. The molecule has 0 spiro atoms. The SMILES string of the molecule is CC[C@@H](C)Oc1ccc(NC(=O)[C@](C)(OC)C2CC2)cc1. The average Bonchev–Trinajstić information content (AvgIpc) is 3.33. The van der Waals surface area contributed by atoms with Crippen LogP contribution in [0.15, 0.2) is 24.3 Å². The molecular weight excluding hydrogens is 266 g/mol. The number of methoxy groups -OCH3 is 1. The maximum absolute atomic E-state index is 12.4. The standard InChI is InChI=1S/C17H25NO3/c1-5-12(2)21-15-10-8-14(9-11-15)18-16(19)17(3,20-4)13-6-7-13/h8-13H,5-7H2,1-4H3,(H,18,19)/t12-,17-/m1/s1. The van der Waals surface area contributed by atoms with E-state index in [2.05, 4.69) is 12.2 Å². The highest BCUT2D eigenvalue weighted by molar-refractivity contribution is 5.97. The zero-order valence-corrected chi connectivity index (χ0v) is 13.3. The third-order valence-electron chi connectivity index (χ3n) is 4.26. The van der Waals surface area contributed by atoms with E-state index in [1.165, 1.54) is 0 Å². The van der Waals surface area contributed by atoms with Gasteiger partial charge in [-0.25, -0.2) is 0 Å². The van der Waals surface area contributed by atoms with E-state index in [9.17, 15) is 4.79 Å². The van der Waals surface area contributed by atoms with Crippen LogP contribution in [-0.2, 0) is 9.53 Å². The second-order valence-electron chi connectivity index (χ2n) is 5.90. The molecule has 0 aromatic heterocycles. The summed E-state index contributed by atoms with van der Waals surface area (Å²) >= 11 is 0. The monoisotopic (exact) mass is 291 g/mol. The predicted molar refractivity (Wildman–Crippen MR) is 83.6 cm³/mol. The lowest BCUT2D eigenvalue weighted by Crippen LogP contribution is -2.44. The van der Waals surface area contributed by atoms with Crippen molar-refractivity contribution < 1.29 is 14.3 Å². The van der Waals surface area contributed by atoms with Gasteiger partial charge in [0.2, 0.25) is 0 Å². The summed E-state index contributed by atoms with van der Waals surface area (Å²) in [6, 6.07) is 7.48. The number of anilines is 1. The minimum Gasteiger partial charge on any atom is -0.491 e. The summed E-state index contributed by atoms with van der Waals surface area (Å²) in [6.07, 6.45) is 3.27. The lowest BCUT2D eigenvalue weighted by atomic mass is 9.99. The Bertz CT molecular complexity index is 481. The van der Waals surface area contributed by atoms with Gasteiger partial charge in [0.1, 0.15) is 11.4 Å². The molecule has 0 heterocycles. The molecule has 0 radical (unpaired) electrons. The minimum atomic E-state index is -0.730. The number of benzene rings is 1. The smallest absolute Gasteiger partial charge is 0.256 e.